The molecule has 0 aromatic rings. The van der Waals surface area contributed by atoms with Gasteiger partial charge >= 0.3 is 0 Å². The summed E-state index contributed by atoms with van der Waals surface area (Å²) in [5, 5.41) is 0. The molecule has 0 aliphatic heterocycles. The molecular formula is C11H23N. The zero-order valence-corrected chi connectivity index (χ0v) is 8.82. The lowest BCUT2D eigenvalue weighted by molar-refractivity contribution is 0.183. The number of hydrogen-bond acceptors (Lipinski definition) is 1. The zero-order chi connectivity index (χ0) is 9.24. The van der Waals surface area contributed by atoms with Crippen molar-refractivity contribution < 1.29 is 0 Å². The molecule has 1 aliphatic carbocycles. The molecule has 0 atom stereocenters. The molecule has 1 aliphatic rings. The lowest BCUT2D eigenvalue weighted by atomic mass is 9.73. The van der Waals surface area contributed by atoms with Gasteiger partial charge in [-0.15, -0.1) is 0 Å². The highest BCUT2D eigenvalue weighted by atomic mass is 14.6. The van der Waals surface area contributed by atoms with Gasteiger partial charge in [0.25, 0.3) is 0 Å². The molecule has 0 amide bonds. The lowest BCUT2D eigenvalue weighted by Gasteiger charge is -2.34. The van der Waals surface area contributed by atoms with Crippen molar-refractivity contribution in [1.82, 2.24) is 0 Å². The highest BCUT2D eigenvalue weighted by Crippen LogP contribution is 2.45. The molecule has 0 radical (unpaired) electrons. The van der Waals surface area contributed by atoms with Crippen LogP contribution in [0.1, 0.15) is 52.9 Å². The molecule has 0 bridgehead atoms. The summed E-state index contributed by atoms with van der Waals surface area (Å²) in [6.07, 6.45) is 6.82. The second-order valence-electron chi connectivity index (χ2n) is 5.65. The molecule has 1 fully saturated rings. The molecule has 1 heteroatoms. The van der Waals surface area contributed by atoms with Gasteiger partial charge in [-0.1, -0.05) is 33.6 Å². The first kappa shape index (κ1) is 10.0. The largest absolute Gasteiger partial charge is 0.330 e. The van der Waals surface area contributed by atoms with Crippen LogP contribution in [0.5, 0.6) is 0 Å². The molecule has 1 nitrogen and oxygen atoms in total. The molecule has 1 saturated carbocycles. The third kappa shape index (κ3) is 2.48. The van der Waals surface area contributed by atoms with E-state index in [0.29, 0.717) is 10.8 Å². The molecule has 0 heterocycles. The van der Waals surface area contributed by atoms with Gasteiger partial charge in [0.15, 0.2) is 0 Å². The maximum atomic E-state index is 5.88. The van der Waals surface area contributed by atoms with Crippen LogP contribution in [0, 0.1) is 10.8 Å². The van der Waals surface area contributed by atoms with Gasteiger partial charge in [-0.05, 0) is 36.6 Å². The second-order valence-corrected chi connectivity index (χ2v) is 5.65. The summed E-state index contributed by atoms with van der Waals surface area (Å²) >= 11 is 0. The van der Waals surface area contributed by atoms with Crippen LogP contribution in [0.15, 0.2) is 0 Å². The van der Waals surface area contributed by atoms with E-state index in [4.69, 9.17) is 5.73 Å². The zero-order valence-electron chi connectivity index (χ0n) is 8.82. The third-order valence-corrected chi connectivity index (χ3v) is 3.00. The van der Waals surface area contributed by atoms with Crippen LogP contribution >= 0.6 is 0 Å². The quantitative estimate of drug-likeness (QED) is 0.675. The molecule has 0 aromatic carbocycles. The predicted molar refractivity (Wildman–Crippen MR) is 54.0 cm³/mol. The van der Waals surface area contributed by atoms with Crippen molar-refractivity contribution in [1.29, 1.82) is 0 Å². The molecule has 1 rings (SSSR count). The first-order valence-corrected chi connectivity index (χ1v) is 5.18. The van der Waals surface area contributed by atoms with Crippen molar-refractivity contribution >= 4 is 0 Å². The Morgan fingerprint density at radius 3 is 2.00 bits per heavy atom. The summed E-state index contributed by atoms with van der Waals surface area (Å²) in [6.45, 7) is 7.86. The smallest absolute Gasteiger partial charge is 0.00203 e. The SMILES string of the molecule is CC(C)(C)CC1(CN)CCCC1. The summed E-state index contributed by atoms with van der Waals surface area (Å²) in [7, 11) is 0. The Morgan fingerprint density at radius 1 is 1.17 bits per heavy atom. The first-order valence-electron chi connectivity index (χ1n) is 5.18. The number of hydrogen-bond donors (Lipinski definition) is 1. The van der Waals surface area contributed by atoms with Crippen molar-refractivity contribution in [3.8, 4) is 0 Å². The first-order chi connectivity index (χ1) is 5.47. The van der Waals surface area contributed by atoms with Gasteiger partial charge in [0.2, 0.25) is 0 Å². The standard InChI is InChI=1S/C11H23N/c1-10(2,3)8-11(9-12)6-4-5-7-11/h4-9,12H2,1-3H3. The molecule has 2 N–H and O–H groups in total. The van der Waals surface area contributed by atoms with E-state index in [0.717, 1.165) is 6.54 Å². The summed E-state index contributed by atoms with van der Waals surface area (Å²) < 4.78 is 0. The molecule has 72 valence electrons. The summed E-state index contributed by atoms with van der Waals surface area (Å²) in [5.74, 6) is 0. The molecule has 0 saturated heterocycles. The van der Waals surface area contributed by atoms with Crippen LogP contribution in [0.25, 0.3) is 0 Å². The lowest BCUT2D eigenvalue weighted by Crippen LogP contribution is -2.31. The fourth-order valence-corrected chi connectivity index (χ4v) is 2.70. The van der Waals surface area contributed by atoms with Gasteiger partial charge in [0.1, 0.15) is 0 Å². The Kier molecular flexibility index (Phi) is 2.82. The average Bonchev–Trinajstić information content (AvgIpc) is 2.34. The highest BCUT2D eigenvalue weighted by molar-refractivity contribution is 4.88. The van der Waals surface area contributed by atoms with Crippen LogP contribution in [-0.4, -0.2) is 6.54 Å². The molecule has 0 aromatic heterocycles. The Hall–Kier alpha value is -0.0400. The van der Waals surface area contributed by atoms with Crippen molar-refractivity contribution in [3.63, 3.8) is 0 Å². The number of nitrogens with two attached hydrogens (primary N) is 1. The second kappa shape index (κ2) is 3.37. The minimum Gasteiger partial charge on any atom is -0.330 e. The van der Waals surface area contributed by atoms with Crippen LogP contribution < -0.4 is 5.73 Å². The normalized spacial score (nSPS) is 23.0. The van der Waals surface area contributed by atoms with E-state index in [1.54, 1.807) is 0 Å². The molecule has 0 spiro atoms. The average molecular weight is 169 g/mol. The van der Waals surface area contributed by atoms with Crippen LogP contribution in [0.3, 0.4) is 0 Å². The van der Waals surface area contributed by atoms with Crippen LogP contribution in [0.2, 0.25) is 0 Å². The van der Waals surface area contributed by atoms with Crippen molar-refractivity contribution in [2.24, 2.45) is 16.6 Å². The predicted octanol–water partition coefficient (Wildman–Crippen LogP) is 2.94. The van der Waals surface area contributed by atoms with Gasteiger partial charge in [0.05, 0.1) is 0 Å². The van der Waals surface area contributed by atoms with Gasteiger partial charge in [-0.25, -0.2) is 0 Å². The fraction of sp³-hybridized carbons (Fsp3) is 1.00. The van der Waals surface area contributed by atoms with Crippen LogP contribution in [-0.2, 0) is 0 Å². The van der Waals surface area contributed by atoms with Crippen molar-refractivity contribution in [2.45, 2.75) is 52.9 Å². The highest BCUT2D eigenvalue weighted by Gasteiger charge is 2.35. The minimum absolute atomic E-state index is 0.448. The Balaban J connectivity index is 2.55. The third-order valence-electron chi connectivity index (χ3n) is 3.00. The van der Waals surface area contributed by atoms with E-state index < -0.39 is 0 Å². The van der Waals surface area contributed by atoms with E-state index in [9.17, 15) is 0 Å². The van der Waals surface area contributed by atoms with E-state index in [1.165, 1.54) is 32.1 Å². The van der Waals surface area contributed by atoms with E-state index in [-0.39, 0.29) is 0 Å². The molecule has 12 heavy (non-hydrogen) atoms. The van der Waals surface area contributed by atoms with Crippen LogP contribution in [0.4, 0.5) is 0 Å². The van der Waals surface area contributed by atoms with Crippen molar-refractivity contribution in [2.75, 3.05) is 6.54 Å². The van der Waals surface area contributed by atoms with Gasteiger partial charge < -0.3 is 5.73 Å². The van der Waals surface area contributed by atoms with E-state index in [1.807, 2.05) is 0 Å². The Morgan fingerprint density at radius 2 is 1.67 bits per heavy atom. The summed E-state index contributed by atoms with van der Waals surface area (Å²) in [5.41, 5.74) is 6.82. The maximum Gasteiger partial charge on any atom is -0.00203 e. The molecule has 0 unspecified atom stereocenters. The summed E-state index contributed by atoms with van der Waals surface area (Å²) in [6, 6.07) is 0. The molecular weight excluding hydrogens is 146 g/mol. The van der Waals surface area contributed by atoms with E-state index >= 15 is 0 Å². The topological polar surface area (TPSA) is 26.0 Å². The van der Waals surface area contributed by atoms with Gasteiger partial charge in [-0.2, -0.15) is 0 Å². The van der Waals surface area contributed by atoms with Gasteiger partial charge in [0, 0.05) is 0 Å². The fourth-order valence-electron chi connectivity index (χ4n) is 2.70. The Bertz CT molecular complexity index is 138. The van der Waals surface area contributed by atoms with Gasteiger partial charge in [-0.3, -0.25) is 0 Å². The number of rotatable bonds is 2. The maximum absolute atomic E-state index is 5.88. The van der Waals surface area contributed by atoms with Crippen molar-refractivity contribution in [3.05, 3.63) is 0 Å². The summed E-state index contributed by atoms with van der Waals surface area (Å²) in [4.78, 5) is 0. The Labute approximate surface area is 76.7 Å². The minimum atomic E-state index is 0.448. The van der Waals surface area contributed by atoms with E-state index in [2.05, 4.69) is 20.8 Å². The monoisotopic (exact) mass is 169 g/mol.